The summed E-state index contributed by atoms with van der Waals surface area (Å²) in [5.41, 5.74) is 8.85. The number of rotatable bonds is 2. The van der Waals surface area contributed by atoms with Crippen LogP contribution in [0.25, 0.3) is 11.4 Å². The van der Waals surface area contributed by atoms with Crippen molar-refractivity contribution >= 4 is 37.7 Å². The van der Waals surface area contributed by atoms with Crippen LogP contribution in [-0.4, -0.2) is 9.97 Å². The number of aryl methyl sites for hydroxylation is 1. The van der Waals surface area contributed by atoms with Crippen LogP contribution in [0, 0.1) is 6.92 Å². The van der Waals surface area contributed by atoms with Crippen LogP contribution in [-0.2, 0) is 6.42 Å². The molecule has 18 heavy (non-hydrogen) atoms. The fourth-order valence-corrected chi connectivity index (χ4v) is 2.32. The second-order valence-corrected chi connectivity index (χ2v) is 5.70. The molecule has 0 saturated carbocycles. The van der Waals surface area contributed by atoms with Gasteiger partial charge in [0.2, 0.25) is 0 Å². The van der Waals surface area contributed by atoms with E-state index in [9.17, 15) is 0 Å². The standard InChI is InChI=1S/C13H13Br2N3/c1-3-11-7(2)12(16)18-13(17-11)8-4-5-9(14)10(15)6-8/h4-6H,3H2,1-2H3,(H2,16,17,18). The summed E-state index contributed by atoms with van der Waals surface area (Å²) in [6.07, 6.45) is 0.850. The van der Waals surface area contributed by atoms with Gasteiger partial charge in [-0.3, -0.25) is 0 Å². The zero-order valence-electron chi connectivity index (χ0n) is 10.2. The molecule has 0 spiro atoms. The monoisotopic (exact) mass is 369 g/mol. The summed E-state index contributed by atoms with van der Waals surface area (Å²) < 4.78 is 1.97. The van der Waals surface area contributed by atoms with Gasteiger partial charge in [-0.05, 0) is 63.4 Å². The molecule has 3 nitrogen and oxygen atoms in total. The lowest BCUT2D eigenvalue weighted by atomic mass is 10.1. The molecule has 0 aliphatic carbocycles. The highest BCUT2D eigenvalue weighted by Crippen LogP contribution is 2.28. The fraction of sp³-hybridized carbons (Fsp3) is 0.231. The summed E-state index contributed by atoms with van der Waals surface area (Å²) in [5.74, 6) is 1.22. The van der Waals surface area contributed by atoms with Gasteiger partial charge in [-0.15, -0.1) is 0 Å². The Kier molecular flexibility index (Phi) is 4.02. The van der Waals surface area contributed by atoms with Crippen LogP contribution in [0.15, 0.2) is 27.1 Å². The van der Waals surface area contributed by atoms with Crippen molar-refractivity contribution in [3.05, 3.63) is 38.4 Å². The molecule has 1 aromatic heterocycles. The smallest absolute Gasteiger partial charge is 0.161 e. The summed E-state index contributed by atoms with van der Waals surface area (Å²) in [6.45, 7) is 4.02. The van der Waals surface area contributed by atoms with Crippen LogP contribution in [0.1, 0.15) is 18.2 Å². The molecule has 2 aromatic rings. The first-order chi connectivity index (χ1) is 8.52. The predicted molar refractivity (Wildman–Crippen MR) is 81.4 cm³/mol. The number of benzene rings is 1. The van der Waals surface area contributed by atoms with Gasteiger partial charge < -0.3 is 5.73 Å². The van der Waals surface area contributed by atoms with Crippen molar-refractivity contribution in [3.63, 3.8) is 0 Å². The van der Waals surface area contributed by atoms with Gasteiger partial charge >= 0.3 is 0 Å². The number of nitrogens with two attached hydrogens (primary N) is 1. The van der Waals surface area contributed by atoms with Crippen molar-refractivity contribution in [1.29, 1.82) is 0 Å². The number of aromatic nitrogens is 2. The lowest BCUT2D eigenvalue weighted by molar-refractivity contribution is 0.982. The molecule has 0 aliphatic heterocycles. The molecule has 1 heterocycles. The lowest BCUT2D eigenvalue weighted by Gasteiger charge is -2.09. The predicted octanol–water partition coefficient (Wildman–Crippen LogP) is 4.12. The topological polar surface area (TPSA) is 51.8 Å². The highest BCUT2D eigenvalue weighted by molar-refractivity contribution is 9.13. The van der Waals surface area contributed by atoms with E-state index in [-0.39, 0.29) is 0 Å². The van der Waals surface area contributed by atoms with E-state index in [1.54, 1.807) is 0 Å². The van der Waals surface area contributed by atoms with Gasteiger partial charge in [-0.25, -0.2) is 9.97 Å². The number of nitrogens with zero attached hydrogens (tertiary/aromatic N) is 2. The average molecular weight is 371 g/mol. The normalized spacial score (nSPS) is 10.7. The Bertz CT molecular complexity index is 597. The Morgan fingerprint density at radius 1 is 1.17 bits per heavy atom. The van der Waals surface area contributed by atoms with Crippen molar-refractivity contribution in [2.75, 3.05) is 5.73 Å². The summed E-state index contributed by atoms with van der Waals surface area (Å²) in [4.78, 5) is 8.92. The van der Waals surface area contributed by atoms with Crippen LogP contribution in [0.3, 0.4) is 0 Å². The quantitative estimate of drug-likeness (QED) is 0.864. The molecule has 1 aromatic carbocycles. The lowest BCUT2D eigenvalue weighted by Crippen LogP contribution is -2.04. The van der Waals surface area contributed by atoms with Gasteiger partial charge in [-0.1, -0.05) is 6.92 Å². The molecule has 2 rings (SSSR count). The largest absolute Gasteiger partial charge is 0.383 e. The van der Waals surface area contributed by atoms with E-state index in [0.29, 0.717) is 11.6 Å². The van der Waals surface area contributed by atoms with Gasteiger partial charge in [0.15, 0.2) is 5.82 Å². The first-order valence-corrected chi connectivity index (χ1v) is 7.20. The molecule has 94 valence electrons. The number of hydrogen-bond acceptors (Lipinski definition) is 3. The maximum absolute atomic E-state index is 5.93. The molecular formula is C13H13Br2N3. The number of halogens is 2. The van der Waals surface area contributed by atoms with Crippen LogP contribution in [0.5, 0.6) is 0 Å². The van der Waals surface area contributed by atoms with Crippen LogP contribution in [0.2, 0.25) is 0 Å². The summed E-state index contributed by atoms with van der Waals surface area (Å²) in [7, 11) is 0. The Hall–Kier alpha value is -0.940. The molecule has 0 saturated heterocycles. The van der Waals surface area contributed by atoms with E-state index in [4.69, 9.17) is 5.73 Å². The molecule has 0 amide bonds. The SMILES string of the molecule is CCc1nc(-c2ccc(Br)c(Br)c2)nc(N)c1C. The Morgan fingerprint density at radius 3 is 2.50 bits per heavy atom. The average Bonchev–Trinajstić information content (AvgIpc) is 2.36. The number of hydrogen-bond donors (Lipinski definition) is 1. The fourth-order valence-electron chi connectivity index (χ4n) is 1.69. The first kappa shape index (κ1) is 13.5. The minimum absolute atomic E-state index is 0.552. The molecule has 0 unspecified atom stereocenters. The van der Waals surface area contributed by atoms with E-state index in [0.717, 1.165) is 32.2 Å². The zero-order valence-corrected chi connectivity index (χ0v) is 13.3. The third-order valence-corrected chi connectivity index (χ3v) is 4.68. The van der Waals surface area contributed by atoms with E-state index in [1.165, 1.54) is 0 Å². The maximum Gasteiger partial charge on any atom is 0.161 e. The van der Waals surface area contributed by atoms with Crippen molar-refractivity contribution in [2.24, 2.45) is 0 Å². The summed E-state index contributed by atoms with van der Waals surface area (Å²) in [5, 5.41) is 0. The second kappa shape index (κ2) is 5.36. The highest BCUT2D eigenvalue weighted by atomic mass is 79.9. The summed E-state index contributed by atoms with van der Waals surface area (Å²) in [6, 6.07) is 5.91. The summed E-state index contributed by atoms with van der Waals surface area (Å²) >= 11 is 6.92. The van der Waals surface area contributed by atoms with Crippen molar-refractivity contribution in [1.82, 2.24) is 9.97 Å². The van der Waals surface area contributed by atoms with Gasteiger partial charge in [0.1, 0.15) is 5.82 Å². The Balaban J connectivity index is 2.57. The van der Waals surface area contributed by atoms with Gasteiger partial charge in [0, 0.05) is 25.8 Å². The molecule has 2 N–H and O–H groups in total. The van der Waals surface area contributed by atoms with Crippen LogP contribution < -0.4 is 5.73 Å². The van der Waals surface area contributed by atoms with Gasteiger partial charge in [0.05, 0.1) is 0 Å². The highest BCUT2D eigenvalue weighted by Gasteiger charge is 2.10. The van der Waals surface area contributed by atoms with Gasteiger partial charge in [0.25, 0.3) is 0 Å². The third kappa shape index (κ3) is 2.57. The Morgan fingerprint density at radius 2 is 1.89 bits per heavy atom. The molecule has 0 fully saturated rings. The molecular weight excluding hydrogens is 358 g/mol. The van der Waals surface area contributed by atoms with E-state index >= 15 is 0 Å². The van der Waals surface area contributed by atoms with E-state index in [1.807, 2.05) is 25.1 Å². The first-order valence-electron chi connectivity index (χ1n) is 5.61. The third-order valence-electron chi connectivity index (χ3n) is 2.80. The second-order valence-electron chi connectivity index (χ2n) is 3.99. The molecule has 0 aliphatic rings. The maximum atomic E-state index is 5.93. The van der Waals surface area contributed by atoms with Crippen molar-refractivity contribution in [2.45, 2.75) is 20.3 Å². The zero-order chi connectivity index (χ0) is 13.3. The molecule has 5 heteroatoms. The van der Waals surface area contributed by atoms with Crippen LogP contribution >= 0.6 is 31.9 Å². The minimum atomic E-state index is 0.552. The van der Waals surface area contributed by atoms with Gasteiger partial charge in [-0.2, -0.15) is 0 Å². The van der Waals surface area contributed by atoms with Crippen molar-refractivity contribution < 1.29 is 0 Å². The van der Waals surface area contributed by atoms with Crippen molar-refractivity contribution in [3.8, 4) is 11.4 Å². The number of nitrogen functional groups attached to an aromatic ring is 1. The molecule has 0 radical (unpaired) electrons. The Labute approximate surface area is 123 Å². The van der Waals surface area contributed by atoms with Crippen LogP contribution in [0.4, 0.5) is 5.82 Å². The molecule has 0 bridgehead atoms. The minimum Gasteiger partial charge on any atom is -0.383 e. The molecule has 0 atom stereocenters. The van der Waals surface area contributed by atoms with E-state index < -0.39 is 0 Å². The number of anilines is 1. The van der Waals surface area contributed by atoms with E-state index in [2.05, 4.69) is 48.8 Å².